The van der Waals surface area contributed by atoms with E-state index in [0.717, 1.165) is 73.1 Å². The Bertz CT molecular complexity index is 3720. The summed E-state index contributed by atoms with van der Waals surface area (Å²) in [6.45, 7) is 0. The number of fused-ring (bicyclic) bond motifs is 5. The van der Waals surface area contributed by atoms with Gasteiger partial charge in [-0.2, -0.15) is 0 Å². The highest BCUT2D eigenvalue weighted by molar-refractivity contribution is 6.13. The summed E-state index contributed by atoms with van der Waals surface area (Å²) in [5, 5.41) is 7.21. The van der Waals surface area contributed by atoms with Crippen molar-refractivity contribution >= 4 is 89.1 Å². The van der Waals surface area contributed by atoms with Crippen LogP contribution >= 0.6 is 0 Å². The molecule has 0 aliphatic carbocycles. The highest BCUT2D eigenvalue weighted by Crippen LogP contribution is 2.44. The number of benzene rings is 11. The first-order valence-corrected chi connectivity index (χ1v) is 22.9. The van der Waals surface area contributed by atoms with Crippen molar-refractivity contribution in [3.63, 3.8) is 0 Å². The van der Waals surface area contributed by atoms with E-state index in [2.05, 4.69) is 287 Å². The molecule has 1 aromatic heterocycles. The second-order valence-corrected chi connectivity index (χ2v) is 17.0. The number of nitrogens with zero attached hydrogens (tertiary/aromatic N) is 3. The van der Waals surface area contributed by atoms with Gasteiger partial charge in [-0.15, -0.1) is 0 Å². The molecule has 0 atom stereocenters. The lowest BCUT2D eigenvalue weighted by molar-refractivity contribution is 1.18. The quantitative estimate of drug-likeness (QED) is 0.127. The van der Waals surface area contributed by atoms with E-state index in [4.69, 9.17) is 0 Å². The largest absolute Gasteiger partial charge is 0.310 e. The summed E-state index contributed by atoms with van der Waals surface area (Å²) in [5.41, 5.74) is 14.7. The molecule has 0 aliphatic rings. The molecule has 0 bridgehead atoms. The van der Waals surface area contributed by atoms with E-state index < -0.39 is 0 Å². The van der Waals surface area contributed by atoms with Gasteiger partial charge in [-0.1, -0.05) is 176 Å². The predicted octanol–water partition coefficient (Wildman–Crippen LogP) is 17.6. The Morgan fingerprint density at radius 2 is 0.761 bits per heavy atom. The monoisotopic (exact) mass is 855 g/mol. The molecule has 0 fully saturated rings. The fourth-order valence-corrected chi connectivity index (χ4v) is 9.83. The highest BCUT2D eigenvalue weighted by atomic mass is 15.1. The first-order valence-electron chi connectivity index (χ1n) is 22.9. The van der Waals surface area contributed by atoms with Gasteiger partial charge in [-0.3, -0.25) is 0 Å². The summed E-state index contributed by atoms with van der Waals surface area (Å²) < 4.78 is 2.40. The minimum atomic E-state index is 1.10. The number of rotatable bonds is 10. The zero-order chi connectivity index (χ0) is 44.5. The van der Waals surface area contributed by atoms with E-state index in [0.29, 0.717) is 0 Å². The third-order valence-corrected chi connectivity index (χ3v) is 12.9. The lowest BCUT2D eigenvalue weighted by Crippen LogP contribution is -2.10. The Morgan fingerprint density at radius 3 is 1.36 bits per heavy atom. The lowest BCUT2D eigenvalue weighted by Gasteiger charge is -2.27. The summed E-state index contributed by atoms with van der Waals surface area (Å²) in [6, 6.07) is 96.2. The Labute approximate surface area is 391 Å². The number of para-hydroxylation sites is 3. The second-order valence-electron chi connectivity index (χ2n) is 17.0. The van der Waals surface area contributed by atoms with Crippen LogP contribution in [0.25, 0.3) is 60.7 Å². The van der Waals surface area contributed by atoms with Gasteiger partial charge >= 0.3 is 0 Å². The highest BCUT2D eigenvalue weighted by Gasteiger charge is 2.20. The maximum absolute atomic E-state index is 2.40. The minimum absolute atomic E-state index is 1.10. The van der Waals surface area contributed by atoms with Crippen LogP contribution in [0, 0.1) is 0 Å². The van der Waals surface area contributed by atoms with Gasteiger partial charge in [0.25, 0.3) is 0 Å². The summed E-state index contributed by atoms with van der Waals surface area (Å²) in [4.78, 5) is 4.76. The summed E-state index contributed by atoms with van der Waals surface area (Å²) in [7, 11) is 0. The summed E-state index contributed by atoms with van der Waals surface area (Å²) in [6.07, 6.45) is 2.34. The van der Waals surface area contributed by atoms with E-state index in [1.54, 1.807) is 0 Å². The molecule has 0 aliphatic heterocycles. The minimum Gasteiger partial charge on any atom is -0.310 e. The first-order chi connectivity index (χ1) is 33.2. The van der Waals surface area contributed by atoms with Gasteiger partial charge in [0.1, 0.15) is 0 Å². The molecule has 316 valence electrons. The van der Waals surface area contributed by atoms with Crippen LogP contribution in [0.2, 0.25) is 0 Å². The van der Waals surface area contributed by atoms with E-state index >= 15 is 0 Å². The zero-order valence-electron chi connectivity index (χ0n) is 36.8. The van der Waals surface area contributed by atoms with E-state index in [1.807, 2.05) is 0 Å². The van der Waals surface area contributed by atoms with Crippen molar-refractivity contribution in [2.75, 3.05) is 9.80 Å². The van der Waals surface area contributed by atoms with E-state index in [1.165, 1.54) is 32.3 Å². The molecule has 0 N–H and O–H groups in total. The number of hydrogen-bond donors (Lipinski definition) is 0. The Hall–Kier alpha value is -8.92. The Kier molecular flexibility index (Phi) is 10.2. The van der Waals surface area contributed by atoms with E-state index in [9.17, 15) is 0 Å². The summed E-state index contributed by atoms with van der Waals surface area (Å²) in [5.74, 6) is 0. The molecule has 0 unspecified atom stereocenters. The van der Waals surface area contributed by atoms with Crippen LogP contribution in [-0.4, -0.2) is 4.57 Å². The van der Waals surface area contributed by atoms with Crippen molar-refractivity contribution in [1.29, 1.82) is 0 Å². The smallest absolute Gasteiger partial charge is 0.0542 e. The molecule has 0 spiro atoms. The van der Waals surface area contributed by atoms with Crippen molar-refractivity contribution in [2.45, 2.75) is 0 Å². The average Bonchev–Trinajstić information content (AvgIpc) is 3.73. The first kappa shape index (κ1) is 39.7. The molecule has 11 aromatic carbocycles. The van der Waals surface area contributed by atoms with Crippen molar-refractivity contribution < 1.29 is 0 Å². The van der Waals surface area contributed by atoms with E-state index in [-0.39, 0.29) is 0 Å². The number of aromatic nitrogens is 1. The van der Waals surface area contributed by atoms with Crippen LogP contribution in [0.3, 0.4) is 0 Å². The topological polar surface area (TPSA) is 11.4 Å². The fourth-order valence-electron chi connectivity index (χ4n) is 9.83. The average molecular weight is 856 g/mol. The second kappa shape index (κ2) is 17.2. The van der Waals surface area contributed by atoms with Crippen LogP contribution in [0.15, 0.2) is 267 Å². The maximum atomic E-state index is 2.40. The van der Waals surface area contributed by atoms with Gasteiger partial charge in [0.2, 0.25) is 0 Å². The third kappa shape index (κ3) is 7.39. The molecular formula is C64H45N3. The Morgan fingerprint density at radius 1 is 0.313 bits per heavy atom. The molecule has 0 amide bonds. The third-order valence-electron chi connectivity index (χ3n) is 12.9. The molecule has 3 heteroatoms. The van der Waals surface area contributed by atoms with Crippen molar-refractivity contribution in [3.8, 4) is 5.69 Å². The van der Waals surface area contributed by atoms with Crippen LogP contribution in [-0.2, 0) is 0 Å². The Balaban J connectivity index is 1.02. The molecule has 67 heavy (non-hydrogen) atoms. The van der Waals surface area contributed by atoms with Crippen molar-refractivity contribution in [3.05, 3.63) is 284 Å². The van der Waals surface area contributed by atoms with Gasteiger partial charge in [0, 0.05) is 50.0 Å². The molecule has 12 aromatic rings. The lowest BCUT2D eigenvalue weighted by atomic mass is 9.94. The number of hydrogen-bond acceptors (Lipinski definition) is 2. The standard InChI is InChI=1S/C64H45N3/c1-5-19-49(20-6-1)58(43-46-35-38-54(39-36-46)65(51-25-7-2-8-26-51)61-33-17-23-47-21-13-15-31-56(47)61)50-37-41-63-59(44-50)60-45-55(40-42-64(60)67(63)53-29-11-4-12-30-53)66(52-27-9-3-10-28-52)62-34-18-24-48-22-14-16-32-57(48)62/h1-45H. The molecule has 0 radical (unpaired) electrons. The molecular weight excluding hydrogens is 811 g/mol. The zero-order valence-corrected chi connectivity index (χ0v) is 36.8. The fraction of sp³-hybridized carbons (Fsp3) is 0. The molecule has 12 rings (SSSR count). The SMILES string of the molecule is C(=C(c1ccccc1)c1ccc2c(c1)c1cc(N(c3ccccc3)c3cccc4ccccc34)ccc1n2-c1ccccc1)c1ccc(N(c2ccccc2)c2cccc3ccccc23)cc1. The van der Waals surface area contributed by atoms with Crippen LogP contribution in [0.1, 0.15) is 16.7 Å². The van der Waals surface area contributed by atoms with Crippen LogP contribution < -0.4 is 9.80 Å². The molecule has 0 saturated heterocycles. The van der Waals surface area contributed by atoms with Gasteiger partial charge < -0.3 is 14.4 Å². The molecule has 1 heterocycles. The van der Waals surface area contributed by atoms with Crippen LogP contribution in [0.5, 0.6) is 0 Å². The van der Waals surface area contributed by atoms with Gasteiger partial charge in [-0.05, 0) is 130 Å². The predicted molar refractivity (Wildman–Crippen MR) is 285 cm³/mol. The van der Waals surface area contributed by atoms with Gasteiger partial charge in [0.05, 0.1) is 22.4 Å². The summed E-state index contributed by atoms with van der Waals surface area (Å²) >= 11 is 0. The van der Waals surface area contributed by atoms with Gasteiger partial charge in [0.15, 0.2) is 0 Å². The number of anilines is 6. The van der Waals surface area contributed by atoms with Gasteiger partial charge in [-0.25, -0.2) is 0 Å². The van der Waals surface area contributed by atoms with Crippen LogP contribution in [0.4, 0.5) is 34.1 Å². The molecule has 0 saturated carbocycles. The van der Waals surface area contributed by atoms with Crippen molar-refractivity contribution in [2.24, 2.45) is 0 Å². The van der Waals surface area contributed by atoms with Crippen molar-refractivity contribution in [1.82, 2.24) is 4.57 Å². The maximum Gasteiger partial charge on any atom is 0.0542 e. The molecule has 3 nitrogen and oxygen atoms in total. The normalized spacial score (nSPS) is 11.7.